The zero-order chi connectivity index (χ0) is 17.0. The van der Waals surface area contributed by atoms with E-state index in [9.17, 15) is 5.11 Å². The van der Waals surface area contributed by atoms with E-state index < -0.39 is 0 Å². The molecule has 1 N–H and O–H groups in total. The van der Waals surface area contributed by atoms with E-state index >= 15 is 0 Å². The lowest BCUT2D eigenvalue weighted by molar-refractivity contribution is 0.476. The van der Waals surface area contributed by atoms with Gasteiger partial charge in [-0.1, -0.05) is 42.5 Å². The number of hydrogen-bond donors (Lipinski definition) is 1. The normalized spacial score (nSPS) is 11.6. The molecular formula is C22H16N2O. The van der Waals surface area contributed by atoms with Crippen LogP contribution in [0.2, 0.25) is 0 Å². The number of imidazole rings is 1. The first-order valence-corrected chi connectivity index (χ1v) is 8.31. The lowest BCUT2D eigenvalue weighted by Gasteiger charge is -2.08. The molecule has 0 amide bonds. The van der Waals surface area contributed by atoms with Crippen molar-refractivity contribution in [2.45, 2.75) is 6.92 Å². The van der Waals surface area contributed by atoms with Crippen LogP contribution >= 0.6 is 0 Å². The number of nitrogens with zero attached hydrogens (tertiary/aromatic N) is 2. The molecule has 120 valence electrons. The quantitative estimate of drug-likeness (QED) is 0.424. The van der Waals surface area contributed by atoms with Crippen molar-refractivity contribution in [1.82, 2.24) is 9.38 Å². The molecule has 25 heavy (non-hydrogen) atoms. The first-order chi connectivity index (χ1) is 12.2. The van der Waals surface area contributed by atoms with Gasteiger partial charge in [0.2, 0.25) is 0 Å². The van der Waals surface area contributed by atoms with Gasteiger partial charge in [-0.3, -0.25) is 4.40 Å². The number of hydrogen-bond acceptors (Lipinski definition) is 2. The number of fused-ring (bicyclic) bond motifs is 6. The fourth-order valence-corrected chi connectivity index (χ4v) is 3.61. The average molecular weight is 324 g/mol. The maximum absolute atomic E-state index is 9.99. The van der Waals surface area contributed by atoms with Crippen LogP contribution in [0.5, 0.6) is 5.75 Å². The standard InChI is InChI=1S/C22H16N2O/c1-14-6-2-3-7-16(14)20-13-24-21-9-5-4-8-18(21)17-11-10-15(25)12-19(17)22(24)23-20/h2-13,25H,1H3. The smallest absolute Gasteiger partial charge is 0.146 e. The predicted octanol–water partition coefficient (Wildman–Crippen LogP) is 5.32. The van der Waals surface area contributed by atoms with E-state index in [2.05, 4.69) is 41.8 Å². The van der Waals surface area contributed by atoms with Crippen LogP contribution in [0.3, 0.4) is 0 Å². The molecule has 3 heteroatoms. The average Bonchev–Trinajstić information content (AvgIpc) is 3.08. The fourth-order valence-electron chi connectivity index (χ4n) is 3.61. The van der Waals surface area contributed by atoms with Crippen molar-refractivity contribution in [1.29, 1.82) is 0 Å². The van der Waals surface area contributed by atoms with Crippen LogP contribution in [0.25, 0.3) is 38.6 Å². The van der Waals surface area contributed by atoms with Crippen molar-refractivity contribution < 1.29 is 5.11 Å². The molecule has 0 aliphatic carbocycles. The number of benzene rings is 3. The van der Waals surface area contributed by atoms with Crippen molar-refractivity contribution in [3.63, 3.8) is 0 Å². The second-order valence-corrected chi connectivity index (χ2v) is 6.38. The Labute approximate surface area is 144 Å². The minimum atomic E-state index is 0.255. The van der Waals surface area contributed by atoms with Crippen molar-refractivity contribution in [2.75, 3.05) is 0 Å². The van der Waals surface area contributed by atoms with E-state index in [0.717, 1.165) is 38.6 Å². The maximum atomic E-state index is 9.99. The molecule has 0 atom stereocenters. The molecule has 0 bridgehead atoms. The summed E-state index contributed by atoms with van der Waals surface area (Å²) in [6.07, 6.45) is 2.09. The Morgan fingerprint density at radius 3 is 2.52 bits per heavy atom. The highest BCUT2D eigenvalue weighted by Gasteiger charge is 2.13. The van der Waals surface area contributed by atoms with E-state index in [0.29, 0.717) is 0 Å². The summed E-state index contributed by atoms with van der Waals surface area (Å²) in [5, 5.41) is 13.2. The number of rotatable bonds is 1. The summed E-state index contributed by atoms with van der Waals surface area (Å²) in [5.74, 6) is 0.255. The van der Waals surface area contributed by atoms with Crippen LogP contribution in [0, 0.1) is 6.92 Å². The molecule has 2 heterocycles. The number of aromatic nitrogens is 2. The molecule has 0 unspecified atom stereocenters. The summed E-state index contributed by atoms with van der Waals surface area (Å²) in [4.78, 5) is 4.92. The van der Waals surface area contributed by atoms with Gasteiger partial charge in [0.25, 0.3) is 0 Å². The van der Waals surface area contributed by atoms with E-state index in [1.54, 1.807) is 12.1 Å². The second kappa shape index (κ2) is 5.08. The minimum Gasteiger partial charge on any atom is -0.508 e. The number of aryl methyl sites for hydroxylation is 1. The van der Waals surface area contributed by atoms with E-state index in [1.165, 1.54) is 5.56 Å². The van der Waals surface area contributed by atoms with E-state index in [1.807, 2.05) is 30.3 Å². The van der Waals surface area contributed by atoms with Crippen molar-refractivity contribution in [3.8, 4) is 17.0 Å². The fraction of sp³-hybridized carbons (Fsp3) is 0.0455. The predicted molar refractivity (Wildman–Crippen MR) is 102 cm³/mol. The van der Waals surface area contributed by atoms with Gasteiger partial charge in [0.15, 0.2) is 0 Å². The van der Waals surface area contributed by atoms with E-state index in [4.69, 9.17) is 4.98 Å². The van der Waals surface area contributed by atoms with Gasteiger partial charge in [0.05, 0.1) is 11.2 Å². The Hall–Kier alpha value is -3.33. The van der Waals surface area contributed by atoms with Gasteiger partial charge in [-0.2, -0.15) is 0 Å². The minimum absolute atomic E-state index is 0.255. The molecule has 0 radical (unpaired) electrons. The number of phenols is 1. The first-order valence-electron chi connectivity index (χ1n) is 8.31. The molecular weight excluding hydrogens is 308 g/mol. The lowest BCUT2D eigenvalue weighted by atomic mass is 10.1. The third-order valence-corrected chi connectivity index (χ3v) is 4.82. The second-order valence-electron chi connectivity index (χ2n) is 6.38. The number of phenolic OH excluding ortho intramolecular Hbond substituents is 1. The summed E-state index contributed by atoms with van der Waals surface area (Å²) in [6.45, 7) is 2.10. The Balaban J connectivity index is 1.98. The Morgan fingerprint density at radius 2 is 1.64 bits per heavy atom. The van der Waals surface area contributed by atoms with Gasteiger partial charge in [0.1, 0.15) is 11.4 Å². The third kappa shape index (κ3) is 2.02. The lowest BCUT2D eigenvalue weighted by Crippen LogP contribution is -1.89. The number of aromatic hydroxyl groups is 1. The summed E-state index contributed by atoms with van der Waals surface area (Å²) in [7, 11) is 0. The number of pyridine rings is 1. The van der Waals surface area contributed by atoms with Gasteiger partial charge in [-0.25, -0.2) is 4.98 Å². The van der Waals surface area contributed by atoms with Crippen molar-refractivity contribution in [2.24, 2.45) is 0 Å². The molecule has 0 saturated carbocycles. The molecule has 2 aromatic heterocycles. The summed E-state index contributed by atoms with van der Waals surface area (Å²) in [6, 6.07) is 22.1. The molecule has 0 aliphatic rings. The molecule has 5 aromatic rings. The maximum Gasteiger partial charge on any atom is 0.146 e. The SMILES string of the molecule is Cc1ccccc1-c1cn2c3ccccc3c3ccc(O)cc3c2n1. The van der Waals surface area contributed by atoms with Crippen LogP contribution in [-0.2, 0) is 0 Å². The molecule has 0 aliphatic heterocycles. The van der Waals surface area contributed by atoms with Crippen LogP contribution < -0.4 is 0 Å². The molecule has 3 aromatic carbocycles. The van der Waals surface area contributed by atoms with Crippen LogP contribution in [0.4, 0.5) is 0 Å². The highest BCUT2D eigenvalue weighted by atomic mass is 16.3. The molecule has 0 spiro atoms. The highest BCUT2D eigenvalue weighted by molar-refractivity contribution is 6.12. The third-order valence-electron chi connectivity index (χ3n) is 4.82. The molecule has 5 rings (SSSR count). The van der Waals surface area contributed by atoms with Crippen LogP contribution in [0.1, 0.15) is 5.56 Å². The Kier molecular flexibility index (Phi) is 2.86. The summed E-state index contributed by atoms with van der Waals surface area (Å²) >= 11 is 0. The highest BCUT2D eigenvalue weighted by Crippen LogP contribution is 2.33. The van der Waals surface area contributed by atoms with Gasteiger partial charge >= 0.3 is 0 Å². The zero-order valence-electron chi connectivity index (χ0n) is 13.8. The Bertz CT molecular complexity index is 1270. The summed E-state index contributed by atoms with van der Waals surface area (Å²) < 4.78 is 2.12. The van der Waals surface area contributed by atoms with Gasteiger partial charge in [0, 0.05) is 22.5 Å². The largest absolute Gasteiger partial charge is 0.508 e. The molecule has 3 nitrogen and oxygen atoms in total. The van der Waals surface area contributed by atoms with Gasteiger partial charge < -0.3 is 5.11 Å². The molecule has 0 fully saturated rings. The van der Waals surface area contributed by atoms with Crippen molar-refractivity contribution in [3.05, 3.63) is 78.5 Å². The topological polar surface area (TPSA) is 37.5 Å². The first kappa shape index (κ1) is 14.1. The zero-order valence-corrected chi connectivity index (χ0v) is 13.8. The van der Waals surface area contributed by atoms with Crippen molar-refractivity contribution >= 4 is 27.3 Å². The Morgan fingerprint density at radius 1 is 0.840 bits per heavy atom. The monoisotopic (exact) mass is 324 g/mol. The van der Waals surface area contributed by atoms with Gasteiger partial charge in [-0.15, -0.1) is 0 Å². The van der Waals surface area contributed by atoms with Crippen LogP contribution in [0.15, 0.2) is 72.9 Å². The van der Waals surface area contributed by atoms with E-state index in [-0.39, 0.29) is 5.75 Å². The molecule has 0 saturated heterocycles. The van der Waals surface area contributed by atoms with Crippen LogP contribution in [-0.4, -0.2) is 14.5 Å². The number of para-hydroxylation sites is 1. The summed E-state index contributed by atoms with van der Waals surface area (Å²) in [5.41, 5.74) is 5.25. The van der Waals surface area contributed by atoms with Gasteiger partial charge in [-0.05, 0) is 42.1 Å².